The molecule has 0 aromatic heterocycles. The van der Waals surface area contributed by atoms with E-state index in [1.54, 1.807) is 37.5 Å². The van der Waals surface area contributed by atoms with E-state index in [-0.39, 0.29) is 24.5 Å². The maximum Gasteiger partial charge on any atom is 0.348 e. The second-order valence-electron chi connectivity index (χ2n) is 5.34. The normalized spacial score (nSPS) is 11.4. The molecule has 0 aliphatic carbocycles. The summed E-state index contributed by atoms with van der Waals surface area (Å²) in [6.07, 6.45) is 4.56. The second kappa shape index (κ2) is 14.2. The molecule has 0 heterocycles. The number of hydrogen-bond acceptors (Lipinski definition) is 8. The Bertz CT molecular complexity index is 707. The molecule has 1 aromatic carbocycles. The number of carbonyl (C=O) groups excluding carboxylic acids is 1. The summed E-state index contributed by atoms with van der Waals surface area (Å²) >= 11 is 0. The Morgan fingerprint density at radius 2 is 1.79 bits per heavy atom. The fraction of sp³-hybridized carbons (Fsp3) is 0.400. The average Bonchev–Trinajstić information content (AvgIpc) is 2.71. The van der Waals surface area contributed by atoms with Crippen LogP contribution in [0.1, 0.15) is 5.56 Å². The van der Waals surface area contributed by atoms with Crippen LogP contribution in [-0.4, -0.2) is 64.9 Å². The number of nitriles is 1. The van der Waals surface area contributed by atoms with Gasteiger partial charge in [-0.3, -0.25) is 0 Å². The largest absolute Gasteiger partial charge is 0.504 e. The maximum absolute atomic E-state index is 11.9. The fourth-order valence-corrected chi connectivity index (χ4v) is 1.94. The molecular weight excluding hydrogens is 366 g/mol. The van der Waals surface area contributed by atoms with Crippen molar-refractivity contribution < 1.29 is 33.6 Å². The van der Waals surface area contributed by atoms with Crippen molar-refractivity contribution in [3.8, 4) is 17.6 Å². The lowest BCUT2D eigenvalue weighted by atomic mass is 10.1. The van der Waals surface area contributed by atoms with Crippen LogP contribution in [0.4, 0.5) is 0 Å². The number of phenols is 1. The van der Waals surface area contributed by atoms with Gasteiger partial charge in [0.05, 0.1) is 40.1 Å². The number of nitrogens with zero attached hydrogens (tertiary/aromatic N) is 1. The van der Waals surface area contributed by atoms with Gasteiger partial charge < -0.3 is 28.8 Å². The predicted molar refractivity (Wildman–Crippen MR) is 102 cm³/mol. The van der Waals surface area contributed by atoms with Crippen LogP contribution in [0.2, 0.25) is 0 Å². The summed E-state index contributed by atoms with van der Waals surface area (Å²) < 4.78 is 25.3. The molecule has 152 valence electrons. The number of allylic oxidation sites excluding steroid dienone is 2. The quantitative estimate of drug-likeness (QED) is 0.179. The third-order valence-corrected chi connectivity index (χ3v) is 3.36. The molecule has 0 aliphatic rings. The molecule has 0 saturated heterocycles. The molecule has 0 atom stereocenters. The number of benzene rings is 1. The first-order chi connectivity index (χ1) is 13.6. The number of hydrogen-bond donors (Lipinski definition) is 1. The zero-order chi connectivity index (χ0) is 20.6. The van der Waals surface area contributed by atoms with E-state index in [1.807, 2.05) is 0 Å². The van der Waals surface area contributed by atoms with E-state index in [0.29, 0.717) is 32.2 Å². The van der Waals surface area contributed by atoms with Crippen LogP contribution in [0.25, 0.3) is 6.08 Å². The zero-order valence-corrected chi connectivity index (χ0v) is 16.1. The van der Waals surface area contributed by atoms with Gasteiger partial charge in [0.2, 0.25) is 0 Å². The van der Waals surface area contributed by atoms with Crippen LogP contribution in [0.5, 0.6) is 11.5 Å². The number of aromatic hydroxyl groups is 1. The van der Waals surface area contributed by atoms with Crippen molar-refractivity contribution in [1.29, 1.82) is 5.26 Å². The minimum Gasteiger partial charge on any atom is -0.504 e. The molecule has 0 bridgehead atoms. The topological polar surface area (TPSA) is 107 Å². The predicted octanol–water partition coefficient (Wildman–Crippen LogP) is 2.09. The second-order valence-corrected chi connectivity index (χ2v) is 5.34. The van der Waals surface area contributed by atoms with Crippen LogP contribution in [-0.2, 0) is 23.7 Å². The van der Waals surface area contributed by atoms with Gasteiger partial charge in [0, 0.05) is 7.11 Å². The molecule has 28 heavy (non-hydrogen) atoms. The standard InChI is InChI=1S/C20H25NO7/c1-24-8-9-26-10-11-27-12-13-28-20(23)17(15-21)5-3-4-16-6-7-18(22)19(14-16)25-2/h3-7,14,22H,8-13H2,1-2H3. The van der Waals surface area contributed by atoms with Gasteiger partial charge in [-0.05, 0) is 23.8 Å². The molecule has 0 spiro atoms. The van der Waals surface area contributed by atoms with Gasteiger partial charge in [-0.25, -0.2) is 4.79 Å². The van der Waals surface area contributed by atoms with Crippen molar-refractivity contribution in [2.75, 3.05) is 53.9 Å². The van der Waals surface area contributed by atoms with Gasteiger partial charge in [-0.15, -0.1) is 0 Å². The third-order valence-electron chi connectivity index (χ3n) is 3.36. The Hall–Kier alpha value is -2.86. The van der Waals surface area contributed by atoms with E-state index >= 15 is 0 Å². The first-order valence-electron chi connectivity index (χ1n) is 8.59. The molecule has 0 radical (unpaired) electrons. The molecule has 8 nitrogen and oxygen atoms in total. The number of esters is 1. The number of ether oxygens (including phenoxy) is 5. The minimum atomic E-state index is -0.726. The summed E-state index contributed by atoms with van der Waals surface area (Å²) in [5.74, 6) is -0.370. The summed E-state index contributed by atoms with van der Waals surface area (Å²) in [7, 11) is 3.04. The van der Waals surface area contributed by atoms with Crippen molar-refractivity contribution in [2.24, 2.45) is 0 Å². The molecule has 1 N–H and O–H groups in total. The molecule has 8 heteroatoms. The van der Waals surface area contributed by atoms with E-state index in [9.17, 15) is 9.90 Å². The van der Waals surface area contributed by atoms with Gasteiger partial charge in [-0.2, -0.15) is 5.26 Å². The van der Waals surface area contributed by atoms with Crippen molar-refractivity contribution in [3.05, 3.63) is 41.5 Å². The van der Waals surface area contributed by atoms with Gasteiger partial charge >= 0.3 is 5.97 Å². The number of methoxy groups -OCH3 is 2. The fourth-order valence-electron chi connectivity index (χ4n) is 1.94. The first kappa shape index (κ1) is 23.2. The highest BCUT2D eigenvalue weighted by molar-refractivity contribution is 5.93. The molecule has 1 aromatic rings. The lowest BCUT2D eigenvalue weighted by Crippen LogP contribution is -2.14. The summed E-state index contributed by atoms with van der Waals surface area (Å²) in [6, 6.07) is 6.58. The Kier molecular flexibility index (Phi) is 11.8. The average molecular weight is 391 g/mol. The first-order valence-corrected chi connectivity index (χ1v) is 8.59. The highest BCUT2D eigenvalue weighted by Crippen LogP contribution is 2.26. The van der Waals surface area contributed by atoms with Crippen molar-refractivity contribution >= 4 is 12.0 Å². The lowest BCUT2D eigenvalue weighted by Gasteiger charge is -2.06. The van der Waals surface area contributed by atoms with E-state index in [2.05, 4.69) is 0 Å². The van der Waals surface area contributed by atoms with Crippen molar-refractivity contribution in [1.82, 2.24) is 0 Å². The number of phenolic OH excluding ortho intramolecular Hbond substituents is 1. The van der Waals surface area contributed by atoms with Crippen LogP contribution >= 0.6 is 0 Å². The Labute approximate surface area is 164 Å². The van der Waals surface area contributed by atoms with E-state index in [1.165, 1.54) is 19.3 Å². The molecule has 0 aliphatic heterocycles. The molecular formula is C20H25NO7. The molecule has 0 amide bonds. The lowest BCUT2D eigenvalue weighted by molar-refractivity contribution is -0.140. The third kappa shape index (κ3) is 9.19. The SMILES string of the molecule is COCCOCCOCCOC(=O)C(C#N)=CC=Cc1ccc(O)c(OC)c1. The minimum absolute atomic E-state index is 0.0280. The summed E-state index contributed by atoms with van der Waals surface area (Å²) in [6.45, 7) is 2.07. The zero-order valence-electron chi connectivity index (χ0n) is 16.1. The van der Waals surface area contributed by atoms with Crippen LogP contribution in [0.15, 0.2) is 35.9 Å². The summed E-state index contributed by atoms with van der Waals surface area (Å²) in [5.41, 5.74) is 0.600. The summed E-state index contributed by atoms with van der Waals surface area (Å²) in [5, 5.41) is 18.6. The maximum atomic E-state index is 11.9. The highest BCUT2D eigenvalue weighted by atomic mass is 16.6. The molecule has 0 unspecified atom stereocenters. The van der Waals surface area contributed by atoms with E-state index in [0.717, 1.165) is 5.56 Å². The van der Waals surface area contributed by atoms with Crippen molar-refractivity contribution in [2.45, 2.75) is 0 Å². The summed E-state index contributed by atoms with van der Waals surface area (Å²) in [4.78, 5) is 11.9. The van der Waals surface area contributed by atoms with Crippen LogP contribution < -0.4 is 4.74 Å². The smallest absolute Gasteiger partial charge is 0.348 e. The monoisotopic (exact) mass is 391 g/mol. The van der Waals surface area contributed by atoms with E-state index < -0.39 is 5.97 Å². The van der Waals surface area contributed by atoms with Crippen LogP contribution in [0, 0.1) is 11.3 Å². The highest BCUT2D eigenvalue weighted by Gasteiger charge is 2.09. The Morgan fingerprint density at radius 3 is 2.43 bits per heavy atom. The Balaban J connectivity index is 2.37. The number of carbonyl (C=O) groups is 1. The molecule has 0 fully saturated rings. The Morgan fingerprint density at radius 1 is 1.11 bits per heavy atom. The van der Waals surface area contributed by atoms with Gasteiger partial charge in [0.25, 0.3) is 0 Å². The van der Waals surface area contributed by atoms with Crippen molar-refractivity contribution in [3.63, 3.8) is 0 Å². The molecule has 0 saturated carbocycles. The van der Waals surface area contributed by atoms with Gasteiger partial charge in [-0.1, -0.05) is 18.2 Å². The van der Waals surface area contributed by atoms with Gasteiger partial charge in [0.1, 0.15) is 18.2 Å². The van der Waals surface area contributed by atoms with E-state index in [4.69, 9.17) is 28.9 Å². The van der Waals surface area contributed by atoms with Crippen LogP contribution in [0.3, 0.4) is 0 Å². The van der Waals surface area contributed by atoms with Gasteiger partial charge in [0.15, 0.2) is 11.5 Å². The number of rotatable bonds is 13. The molecule has 1 rings (SSSR count).